The van der Waals surface area contributed by atoms with Crippen molar-refractivity contribution in [3.63, 3.8) is 0 Å². The summed E-state index contributed by atoms with van der Waals surface area (Å²) in [6, 6.07) is 0. The first-order valence-electron chi connectivity index (χ1n) is 3.57. The molecule has 0 bridgehead atoms. The molecule has 2 atom stereocenters. The van der Waals surface area contributed by atoms with Crippen LogP contribution in [0.1, 0.15) is 13.8 Å². The minimum absolute atomic E-state index is 0.189. The molecule has 1 rings (SSSR count). The molecule has 0 spiro atoms. The van der Waals surface area contributed by atoms with Crippen LogP contribution in [0.3, 0.4) is 0 Å². The van der Waals surface area contributed by atoms with E-state index >= 15 is 0 Å². The number of amides is 1. The molecular weight excluding hydrogens is 130 g/mol. The number of hydrogen-bond acceptors (Lipinski definition) is 2. The quantitative estimate of drug-likeness (QED) is 0.492. The Morgan fingerprint density at radius 3 is 2.30 bits per heavy atom. The van der Waals surface area contributed by atoms with Crippen LogP contribution in [0.25, 0.3) is 0 Å². The number of rotatable bonds is 1. The van der Waals surface area contributed by atoms with Crippen molar-refractivity contribution in [3.8, 4) is 0 Å². The Kier molecular flexibility index (Phi) is 2.27. The highest BCUT2D eigenvalue weighted by molar-refractivity contribution is 5.47. The highest BCUT2D eigenvalue weighted by atomic mass is 16.5. The zero-order valence-electron chi connectivity index (χ0n) is 6.41. The van der Waals surface area contributed by atoms with E-state index in [0.29, 0.717) is 0 Å². The maximum Gasteiger partial charge on any atom is 0.209 e. The monoisotopic (exact) mass is 143 g/mol. The third kappa shape index (κ3) is 1.70. The largest absolute Gasteiger partial charge is 0.372 e. The van der Waals surface area contributed by atoms with Crippen LogP contribution in [-0.4, -0.2) is 36.6 Å². The van der Waals surface area contributed by atoms with Crippen LogP contribution in [0.2, 0.25) is 0 Å². The molecule has 0 aromatic heterocycles. The molecule has 0 unspecified atom stereocenters. The van der Waals surface area contributed by atoms with Gasteiger partial charge in [-0.2, -0.15) is 0 Å². The Bertz CT molecular complexity index is 117. The highest BCUT2D eigenvalue weighted by Gasteiger charge is 2.20. The summed E-state index contributed by atoms with van der Waals surface area (Å²) < 4.78 is 5.42. The second kappa shape index (κ2) is 3.01. The molecule has 1 heterocycles. The van der Waals surface area contributed by atoms with E-state index in [0.717, 1.165) is 19.5 Å². The minimum atomic E-state index is 0.189. The van der Waals surface area contributed by atoms with E-state index in [2.05, 4.69) is 0 Å². The molecule has 1 fully saturated rings. The molecule has 1 saturated heterocycles. The summed E-state index contributed by atoms with van der Waals surface area (Å²) >= 11 is 0. The van der Waals surface area contributed by atoms with E-state index in [1.54, 1.807) is 4.90 Å². The molecule has 3 nitrogen and oxygen atoms in total. The van der Waals surface area contributed by atoms with Crippen molar-refractivity contribution >= 4 is 6.41 Å². The Balaban J connectivity index is 2.42. The number of nitrogens with zero attached hydrogens (tertiary/aromatic N) is 1. The first kappa shape index (κ1) is 7.54. The van der Waals surface area contributed by atoms with Crippen molar-refractivity contribution in [2.45, 2.75) is 26.1 Å². The number of morpholine rings is 1. The van der Waals surface area contributed by atoms with Crippen LogP contribution >= 0.6 is 0 Å². The Morgan fingerprint density at radius 1 is 1.40 bits per heavy atom. The summed E-state index contributed by atoms with van der Waals surface area (Å²) in [5, 5.41) is 0. The van der Waals surface area contributed by atoms with Gasteiger partial charge in [-0.25, -0.2) is 0 Å². The van der Waals surface area contributed by atoms with Crippen molar-refractivity contribution < 1.29 is 9.53 Å². The van der Waals surface area contributed by atoms with E-state index in [9.17, 15) is 4.79 Å². The van der Waals surface area contributed by atoms with Crippen LogP contribution in [0.4, 0.5) is 0 Å². The van der Waals surface area contributed by atoms with Crippen LogP contribution in [-0.2, 0) is 9.53 Å². The van der Waals surface area contributed by atoms with Gasteiger partial charge in [-0.05, 0) is 13.8 Å². The van der Waals surface area contributed by atoms with Crippen LogP contribution < -0.4 is 0 Å². The van der Waals surface area contributed by atoms with Crippen molar-refractivity contribution in [3.05, 3.63) is 0 Å². The Labute approximate surface area is 61.0 Å². The lowest BCUT2D eigenvalue weighted by Crippen LogP contribution is -2.44. The summed E-state index contributed by atoms with van der Waals surface area (Å²) in [6.45, 7) is 5.42. The van der Waals surface area contributed by atoms with Crippen molar-refractivity contribution in [1.82, 2.24) is 4.90 Å². The first-order valence-corrected chi connectivity index (χ1v) is 3.57. The van der Waals surface area contributed by atoms with Gasteiger partial charge >= 0.3 is 0 Å². The van der Waals surface area contributed by atoms with Crippen molar-refractivity contribution in [2.75, 3.05) is 13.1 Å². The molecule has 0 saturated carbocycles. The summed E-state index contributed by atoms with van der Waals surface area (Å²) in [7, 11) is 0. The number of carbonyl (C=O) groups excluding carboxylic acids is 1. The molecule has 0 aromatic rings. The van der Waals surface area contributed by atoms with E-state index in [1.165, 1.54) is 0 Å². The maximum atomic E-state index is 10.3. The van der Waals surface area contributed by atoms with Gasteiger partial charge in [0.2, 0.25) is 6.41 Å². The third-order valence-electron chi connectivity index (χ3n) is 1.60. The lowest BCUT2D eigenvalue weighted by atomic mass is 10.2. The van der Waals surface area contributed by atoms with Gasteiger partial charge in [-0.15, -0.1) is 0 Å². The summed E-state index contributed by atoms with van der Waals surface area (Å²) in [6.07, 6.45) is 1.26. The van der Waals surface area contributed by atoms with Gasteiger partial charge < -0.3 is 9.64 Å². The van der Waals surface area contributed by atoms with Crippen LogP contribution in [0, 0.1) is 0 Å². The van der Waals surface area contributed by atoms with E-state index in [-0.39, 0.29) is 12.2 Å². The second-order valence-electron chi connectivity index (χ2n) is 2.82. The molecule has 0 radical (unpaired) electrons. The van der Waals surface area contributed by atoms with Gasteiger partial charge in [0.1, 0.15) is 0 Å². The van der Waals surface area contributed by atoms with Crippen molar-refractivity contribution in [2.24, 2.45) is 0 Å². The molecule has 0 aliphatic carbocycles. The zero-order chi connectivity index (χ0) is 7.56. The molecular formula is C7H13NO2. The topological polar surface area (TPSA) is 29.5 Å². The van der Waals surface area contributed by atoms with Crippen LogP contribution in [0.5, 0.6) is 0 Å². The lowest BCUT2D eigenvalue weighted by molar-refractivity contribution is -0.130. The SMILES string of the molecule is C[C@H]1CN(C=O)C[C@H](C)O1. The fraction of sp³-hybridized carbons (Fsp3) is 0.857. The molecule has 0 N–H and O–H groups in total. The normalized spacial score (nSPS) is 34.0. The number of ether oxygens (including phenoxy) is 1. The Hall–Kier alpha value is -0.570. The average molecular weight is 143 g/mol. The molecule has 58 valence electrons. The molecule has 1 aliphatic heterocycles. The van der Waals surface area contributed by atoms with E-state index in [1.807, 2.05) is 13.8 Å². The van der Waals surface area contributed by atoms with Gasteiger partial charge in [0.05, 0.1) is 12.2 Å². The summed E-state index contributed by atoms with van der Waals surface area (Å²) in [5.74, 6) is 0. The first-order chi connectivity index (χ1) is 4.72. The number of carbonyl (C=O) groups is 1. The van der Waals surface area contributed by atoms with Gasteiger partial charge in [0.25, 0.3) is 0 Å². The lowest BCUT2D eigenvalue weighted by Gasteiger charge is -2.32. The predicted octanol–water partition coefficient (Wildman–Crippen LogP) is 0.252. The highest BCUT2D eigenvalue weighted by Crippen LogP contribution is 2.07. The number of hydrogen-bond donors (Lipinski definition) is 0. The van der Waals surface area contributed by atoms with Gasteiger partial charge in [-0.1, -0.05) is 0 Å². The van der Waals surface area contributed by atoms with Crippen LogP contribution in [0.15, 0.2) is 0 Å². The Morgan fingerprint density at radius 2 is 1.90 bits per heavy atom. The van der Waals surface area contributed by atoms with E-state index in [4.69, 9.17) is 4.74 Å². The maximum absolute atomic E-state index is 10.3. The smallest absolute Gasteiger partial charge is 0.209 e. The standard InChI is InChI=1S/C7H13NO2/c1-6-3-8(5-9)4-7(2)10-6/h5-7H,3-4H2,1-2H3/t6-,7-/m0/s1. The van der Waals surface area contributed by atoms with Gasteiger partial charge in [-0.3, -0.25) is 4.79 Å². The minimum Gasteiger partial charge on any atom is -0.372 e. The summed E-state index contributed by atoms with van der Waals surface area (Å²) in [4.78, 5) is 12.1. The second-order valence-corrected chi connectivity index (χ2v) is 2.82. The molecule has 1 amide bonds. The predicted molar refractivity (Wildman–Crippen MR) is 37.6 cm³/mol. The fourth-order valence-corrected chi connectivity index (χ4v) is 1.30. The molecule has 3 heteroatoms. The fourth-order valence-electron chi connectivity index (χ4n) is 1.30. The third-order valence-corrected chi connectivity index (χ3v) is 1.60. The van der Waals surface area contributed by atoms with E-state index < -0.39 is 0 Å². The zero-order valence-corrected chi connectivity index (χ0v) is 6.41. The summed E-state index contributed by atoms with van der Waals surface area (Å²) in [5.41, 5.74) is 0. The average Bonchev–Trinajstić information content (AvgIpc) is 1.85. The van der Waals surface area contributed by atoms with Gasteiger partial charge in [0.15, 0.2) is 0 Å². The molecule has 1 aliphatic rings. The van der Waals surface area contributed by atoms with Crippen molar-refractivity contribution in [1.29, 1.82) is 0 Å². The van der Waals surface area contributed by atoms with Gasteiger partial charge in [0, 0.05) is 13.1 Å². The molecule has 0 aromatic carbocycles. The molecule has 10 heavy (non-hydrogen) atoms.